The van der Waals surface area contributed by atoms with Crippen LogP contribution in [0.3, 0.4) is 0 Å². The van der Waals surface area contributed by atoms with Crippen LogP contribution in [0.5, 0.6) is 0 Å². The number of pyridine rings is 1. The van der Waals surface area contributed by atoms with E-state index < -0.39 is 6.10 Å². The molecule has 0 bridgehead atoms. The lowest BCUT2D eigenvalue weighted by Crippen LogP contribution is -1.98. The molecule has 0 radical (unpaired) electrons. The van der Waals surface area contributed by atoms with Crippen LogP contribution >= 0.6 is 11.3 Å². The topological polar surface area (TPSA) is 37.5 Å². The number of hydrogen-bond donors (Lipinski definition) is 1. The minimum Gasteiger partial charge on any atom is -0.388 e. The number of aromatic nitrogens is 2. The highest BCUT2D eigenvalue weighted by molar-refractivity contribution is 7.09. The zero-order chi connectivity index (χ0) is 12.4. The molecule has 1 unspecified atom stereocenters. The quantitative estimate of drug-likeness (QED) is 0.781. The van der Waals surface area contributed by atoms with Gasteiger partial charge in [0.15, 0.2) is 0 Å². The summed E-state index contributed by atoms with van der Waals surface area (Å²) in [7, 11) is 0. The zero-order valence-electron chi connectivity index (χ0n) is 9.86. The van der Waals surface area contributed by atoms with Crippen molar-refractivity contribution in [3.05, 3.63) is 58.5 Å². The standard InChI is InChI=1S/C14H14N2OS/c17-14(7-6-11-4-3-9-18-11)12-10-15-16-8-2-1-5-13(12)16/h1-5,8-10,14,17H,6-7H2. The summed E-state index contributed by atoms with van der Waals surface area (Å²) in [6, 6.07) is 10.0. The highest BCUT2D eigenvalue weighted by Crippen LogP contribution is 2.24. The summed E-state index contributed by atoms with van der Waals surface area (Å²) >= 11 is 1.73. The van der Waals surface area contributed by atoms with Crippen LogP contribution in [0.15, 0.2) is 48.1 Å². The van der Waals surface area contributed by atoms with Gasteiger partial charge < -0.3 is 5.11 Å². The number of nitrogens with zero attached hydrogens (tertiary/aromatic N) is 2. The number of rotatable bonds is 4. The molecule has 92 valence electrons. The molecule has 3 aromatic rings. The van der Waals surface area contributed by atoms with E-state index in [0.717, 1.165) is 23.9 Å². The predicted octanol–water partition coefficient (Wildman–Crippen LogP) is 3.06. The number of hydrogen-bond acceptors (Lipinski definition) is 3. The van der Waals surface area contributed by atoms with E-state index in [9.17, 15) is 5.11 Å². The number of fused-ring (bicyclic) bond motifs is 1. The molecule has 0 aliphatic carbocycles. The van der Waals surface area contributed by atoms with Crippen molar-refractivity contribution in [3.8, 4) is 0 Å². The van der Waals surface area contributed by atoms with Gasteiger partial charge in [-0.15, -0.1) is 11.3 Å². The first-order chi connectivity index (χ1) is 8.84. The molecule has 1 N–H and O–H groups in total. The molecule has 0 aliphatic heterocycles. The summed E-state index contributed by atoms with van der Waals surface area (Å²) < 4.78 is 1.80. The van der Waals surface area contributed by atoms with E-state index in [1.54, 1.807) is 22.0 Å². The average molecular weight is 258 g/mol. The predicted molar refractivity (Wildman–Crippen MR) is 72.8 cm³/mol. The van der Waals surface area contributed by atoms with Crippen LogP contribution in [0.2, 0.25) is 0 Å². The van der Waals surface area contributed by atoms with Gasteiger partial charge in [0, 0.05) is 16.6 Å². The first-order valence-electron chi connectivity index (χ1n) is 5.97. The number of aliphatic hydroxyl groups is 1. The van der Waals surface area contributed by atoms with E-state index in [4.69, 9.17) is 0 Å². The molecule has 0 amide bonds. The van der Waals surface area contributed by atoms with E-state index in [2.05, 4.69) is 16.5 Å². The Bertz CT molecular complexity index is 630. The maximum absolute atomic E-state index is 10.3. The van der Waals surface area contributed by atoms with Gasteiger partial charge in [-0.2, -0.15) is 5.10 Å². The Hall–Kier alpha value is -1.65. The Labute approximate surface area is 109 Å². The maximum Gasteiger partial charge on any atom is 0.0830 e. The van der Waals surface area contributed by atoms with Crippen molar-refractivity contribution in [3.63, 3.8) is 0 Å². The summed E-state index contributed by atoms with van der Waals surface area (Å²) in [5.41, 5.74) is 1.89. The van der Waals surface area contributed by atoms with Gasteiger partial charge in [-0.25, -0.2) is 4.52 Å². The molecule has 0 spiro atoms. The highest BCUT2D eigenvalue weighted by Gasteiger charge is 2.13. The Balaban J connectivity index is 1.77. The number of aliphatic hydroxyl groups excluding tert-OH is 1. The van der Waals surface area contributed by atoms with Crippen molar-refractivity contribution < 1.29 is 5.11 Å². The molecule has 1 atom stereocenters. The second-order valence-electron chi connectivity index (χ2n) is 4.26. The first-order valence-corrected chi connectivity index (χ1v) is 6.85. The monoisotopic (exact) mass is 258 g/mol. The molecule has 0 saturated carbocycles. The van der Waals surface area contributed by atoms with Crippen LogP contribution in [0.1, 0.15) is 23.0 Å². The smallest absolute Gasteiger partial charge is 0.0830 e. The third-order valence-corrected chi connectivity index (χ3v) is 4.00. The van der Waals surface area contributed by atoms with Crippen LogP contribution in [0.25, 0.3) is 5.52 Å². The van der Waals surface area contributed by atoms with Crippen molar-refractivity contribution in [2.75, 3.05) is 0 Å². The molecule has 0 aromatic carbocycles. The van der Waals surface area contributed by atoms with Gasteiger partial charge in [0.25, 0.3) is 0 Å². The van der Waals surface area contributed by atoms with Crippen molar-refractivity contribution in [2.45, 2.75) is 18.9 Å². The third kappa shape index (κ3) is 2.17. The van der Waals surface area contributed by atoms with Gasteiger partial charge in [0.2, 0.25) is 0 Å². The maximum atomic E-state index is 10.3. The van der Waals surface area contributed by atoms with Gasteiger partial charge >= 0.3 is 0 Å². The molecule has 0 fully saturated rings. The fourth-order valence-electron chi connectivity index (χ4n) is 2.10. The van der Waals surface area contributed by atoms with Crippen molar-refractivity contribution in [2.24, 2.45) is 0 Å². The van der Waals surface area contributed by atoms with E-state index in [1.807, 2.05) is 30.5 Å². The molecule has 4 heteroatoms. The Morgan fingerprint density at radius 3 is 3.06 bits per heavy atom. The summed E-state index contributed by atoms with van der Waals surface area (Å²) in [5.74, 6) is 0. The Morgan fingerprint density at radius 2 is 2.22 bits per heavy atom. The molecule has 3 rings (SSSR count). The average Bonchev–Trinajstić information content (AvgIpc) is 3.05. The van der Waals surface area contributed by atoms with Crippen LogP contribution in [0, 0.1) is 0 Å². The number of aryl methyl sites for hydroxylation is 1. The molecule has 0 saturated heterocycles. The first kappa shape index (κ1) is 11.4. The summed E-state index contributed by atoms with van der Waals surface area (Å²) in [6.07, 6.45) is 4.84. The summed E-state index contributed by atoms with van der Waals surface area (Å²) in [4.78, 5) is 1.31. The second-order valence-corrected chi connectivity index (χ2v) is 5.30. The largest absolute Gasteiger partial charge is 0.388 e. The van der Waals surface area contributed by atoms with Gasteiger partial charge in [0.05, 0.1) is 17.8 Å². The lowest BCUT2D eigenvalue weighted by Gasteiger charge is -2.08. The molecular formula is C14H14N2OS. The zero-order valence-corrected chi connectivity index (χ0v) is 10.7. The van der Waals surface area contributed by atoms with E-state index >= 15 is 0 Å². The molecule has 0 aliphatic rings. The van der Waals surface area contributed by atoms with Crippen molar-refractivity contribution >= 4 is 16.9 Å². The van der Waals surface area contributed by atoms with E-state index in [-0.39, 0.29) is 0 Å². The molecular weight excluding hydrogens is 244 g/mol. The lowest BCUT2D eigenvalue weighted by molar-refractivity contribution is 0.169. The van der Waals surface area contributed by atoms with Gasteiger partial charge in [-0.1, -0.05) is 12.1 Å². The fraction of sp³-hybridized carbons (Fsp3) is 0.214. The SMILES string of the molecule is OC(CCc1cccs1)c1cnn2ccccc12. The van der Waals surface area contributed by atoms with Crippen molar-refractivity contribution in [1.82, 2.24) is 9.61 Å². The third-order valence-electron chi connectivity index (χ3n) is 3.06. The summed E-state index contributed by atoms with van der Waals surface area (Å²) in [5, 5.41) is 16.6. The van der Waals surface area contributed by atoms with Crippen LogP contribution in [-0.4, -0.2) is 14.7 Å². The van der Waals surface area contributed by atoms with Gasteiger partial charge in [-0.05, 0) is 36.4 Å². The highest BCUT2D eigenvalue weighted by atomic mass is 32.1. The minimum atomic E-state index is -0.452. The van der Waals surface area contributed by atoms with Crippen molar-refractivity contribution in [1.29, 1.82) is 0 Å². The number of thiophene rings is 1. The molecule has 18 heavy (non-hydrogen) atoms. The van der Waals surface area contributed by atoms with Gasteiger partial charge in [-0.3, -0.25) is 0 Å². The molecule has 3 nitrogen and oxygen atoms in total. The van der Waals surface area contributed by atoms with Crippen LogP contribution in [-0.2, 0) is 6.42 Å². The molecule has 3 heterocycles. The van der Waals surface area contributed by atoms with Crippen LogP contribution in [0.4, 0.5) is 0 Å². The van der Waals surface area contributed by atoms with Crippen LogP contribution < -0.4 is 0 Å². The fourth-order valence-corrected chi connectivity index (χ4v) is 2.83. The van der Waals surface area contributed by atoms with Gasteiger partial charge in [0.1, 0.15) is 0 Å². The van der Waals surface area contributed by atoms with E-state index in [0.29, 0.717) is 0 Å². The molecule has 3 aromatic heterocycles. The Morgan fingerprint density at radius 1 is 1.28 bits per heavy atom. The second kappa shape index (κ2) is 4.92. The Kier molecular flexibility index (Phi) is 3.13. The lowest BCUT2D eigenvalue weighted by atomic mass is 10.1. The normalized spacial score (nSPS) is 12.9. The minimum absolute atomic E-state index is 0.452. The summed E-state index contributed by atoms with van der Waals surface area (Å²) in [6.45, 7) is 0. The van der Waals surface area contributed by atoms with E-state index in [1.165, 1.54) is 4.88 Å².